The van der Waals surface area contributed by atoms with E-state index in [2.05, 4.69) is 10.6 Å². The number of allylic oxidation sites excluding steroid dienone is 3. The fourth-order valence-corrected chi connectivity index (χ4v) is 0.663. The predicted octanol–water partition coefficient (Wildman–Crippen LogP) is 0.768. The highest BCUT2D eigenvalue weighted by Gasteiger charge is 1.96. The molecule has 0 unspecified atom stereocenters. The summed E-state index contributed by atoms with van der Waals surface area (Å²) in [6.07, 6.45) is 7.29. The standard InChI is InChI=1S/C7H8N2O2/c10-7(11)9-6-2-1-4-8-5-3-6/h1-5,8-9H,(H,10,11). The molecule has 0 spiro atoms. The SMILES string of the molecule is O=C(O)NC1=CC=CNC=C1. The van der Waals surface area contributed by atoms with Gasteiger partial charge in [0.1, 0.15) is 0 Å². The van der Waals surface area contributed by atoms with Crippen LogP contribution in [-0.4, -0.2) is 11.2 Å². The molecule has 3 N–H and O–H groups in total. The molecule has 1 heterocycles. The first kappa shape index (κ1) is 7.40. The zero-order valence-corrected chi connectivity index (χ0v) is 5.74. The van der Waals surface area contributed by atoms with E-state index in [4.69, 9.17) is 5.11 Å². The predicted molar refractivity (Wildman–Crippen MR) is 40.7 cm³/mol. The Bertz CT molecular complexity index is 241. The first-order chi connectivity index (χ1) is 5.29. The van der Waals surface area contributed by atoms with E-state index in [1.54, 1.807) is 30.6 Å². The molecule has 1 aliphatic rings. The largest absolute Gasteiger partial charge is 0.465 e. The molecule has 0 aromatic heterocycles. The average molecular weight is 152 g/mol. The minimum atomic E-state index is -1.06. The first-order valence-electron chi connectivity index (χ1n) is 3.08. The van der Waals surface area contributed by atoms with Crippen molar-refractivity contribution < 1.29 is 9.90 Å². The monoisotopic (exact) mass is 152 g/mol. The van der Waals surface area contributed by atoms with E-state index in [-0.39, 0.29) is 0 Å². The van der Waals surface area contributed by atoms with Crippen molar-refractivity contribution in [2.45, 2.75) is 0 Å². The average Bonchev–Trinajstić information content (AvgIpc) is 2.14. The normalized spacial score (nSPS) is 14.7. The van der Waals surface area contributed by atoms with Crippen LogP contribution in [0.15, 0.2) is 36.3 Å². The third kappa shape index (κ3) is 2.57. The van der Waals surface area contributed by atoms with E-state index < -0.39 is 6.09 Å². The van der Waals surface area contributed by atoms with Gasteiger partial charge in [-0.3, -0.25) is 5.32 Å². The number of carboxylic acid groups (broad SMARTS) is 1. The molecular weight excluding hydrogens is 144 g/mol. The van der Waals surface area contributed by atoms with Gasteiger partial charge in [-0.2, -0.15) is 0 Å². The van der Waals surface area contributed by atoms with Crippen LogP contribution < -0.4 is 10.6 Å². The van der Waals surface area contributed by atoms with Crippen LogP contribution in [0, 0.1) is 0 Å². The number of carbonyl (C=O) groups is 1. The van der Waals surface area contributed by atoms with Crippen LogP contribution in [0.25, 0.3) is 0 Å². The quantitative estimate of drug-likeness (QED) is 0.520. The third-order valence-corrected chi connectivity index (χ3v) is 1.08. The van der Waals surface area contributed by atoms with E-state index in [9.17, 15) is 4.79 Å². The molecule has 0 fully saturated rings. The van der Waals surface area contributed by atoms with E-state index in [0.29, 0.717) is 5.70 Å². The number of hydrogen-bond acceptors (Lipinski definition) is 2. The van der Waals surface area contributed by atoms with Gasteiger partial charge >= 0.3 is 6.09 Å². The molecule has 11 heavy (non-hydrogen) atoms. The van der Waals surface area contributed by atoms with Gasteiger partial charge in [-0.15, -0.1) is 0 Å². The van der Waals surface area contributed by atoms with Crippen molar-refractivity contribution in [1.82, 2.24) is 10.6 Å². The van der Waals surface area contributed by atoms with Gasteiger partial charge in [-0.05, 0) is 18.2 Å². The minimum absolute atomic E-state index is 0.541. The molecule has 0 saturated carbocycles. The summed E-state index contributed by atoms with van der Waals surface area (Å²) in [7, 11) is 0. The Morgan fingerprint density at radius 2 is 2.36 bits per heavy atom. The third-order valence-electron chi connectivity index (χ3n) is 1.08. The van der Waals surface area contributed by atoms with Gasteiger partial charge in [-0.1, -0.05) is 0 Å². The molecule has 58 valence electrons. The Morgan fingerprint density at radius 3 is 3.09 bits per heavy atom. The van der Waals surface area contributed by atoms with Crippen LogP contribution in [0.4, 0.5) is 4.79 Å². The topological polar surface area (TPSA) is 61.4 Å². The molecule has 1 rings (SSSR count). The Kier molecular flexibility index (Phi) is 2.32. The Balaban J connectivity index is 2.62. The molecule has 4 nitrogen and oxygen atoms in total. The first-order valence-corrected chi connectivity index (χ1v) is 3.08. The lowest BCUT2D eigenvalue weighted by Crippen LogP contribution is -2.18. The van der Waals surface area contributed by atoms with Crippen LogP contribution >= 0.6 is 0 Å². The molecule has 0 atom stereocenters. The lowest BCUT2D eigenvalue weighted by Gasteiger charge is -1.97. The fraction of sp³-hybridized carbons (Fsp3) is 0. The summed E-state index contributed by atoms with van der Waals surface area (Å²) in [5.41, 5.74) is 0.541. The van der Waals surface area contributed by atoms with Crippen molar-refractivity contribution in [1.29, 1.82) is 0 Å². The lowest BCUT2D eigenvalue weighted by molar-refractivity contribution is 0.198. The maximum atomic E-state index is 10.1. The smallest absolute Gasteiger partial charge is 0.409 e. The second-order valence-electron chi connectivity index (χ2n) is 1.91. The van der Waals surface area contributed by atoms with Crippen molar-refractivity contribution in [2.24, 2.45) is 0 Å². The molecule has 0 aliphatic carbocycles. The molecule has 0 radical (unpaired) electrons. The van der Waals surface area contributed by atoms with E-state index in [0.717, 1.165) is 0 Å². The highest BCUT2D eigenvalue weighted by molar-refractivity contribution is 5.68. The van der Waals surface area contributed by atoms with Gasteiger partial charge in [-0.25, -0.2) is 4.79 Å². The maximum Gasteiger partial charge on any atom is 0.409 e. The number of rotatable bonds is 1. The molecule has 1 amide bonds. The van der Waals surface area contributed by atoms with Crippen LogP contribution in [-0.2, 0) is 0 Å². The summed E-state index contributed by atoms with van der Waals surface area (Å²) in [6.45, 7) is 0. The van der Waals surface area contributed by atoms with Gasteiger partial charge in [0.25, 0.3) is 0 Å². The summed E-state index contributed by atoms with van der Waals surface area (Å²) in [6, 6.07) is 0. The highest BCUT2D eigenvalue weighted by Crippen LogP contribution is 1.94. The summed E-state index contributed by atoms with van der Waals surface area (Å²) in [5.74, 6) is 0. The molecule has 4 heteroatoms. The summed E-state index contributed by atoms with van der Waals surface area (Å²) >= 11 is 0. The summed E-state index contributed by atoms with van der Waals surface area (Å²) in [4.78, 5) is 10.1. The maximum absolute atomic E-state index is 10.1. The van der Waals surface area contributed by atoms with Crippen molar-refractivity contribution in [3.8, 4) is 0 Å². The van der Waals surface area contributed by atoms with Crippen LogP contribution in [0.2, 0.25) is 0 Å². The zero-order chi connectivity index (χ0) is 8.10. The molecule has 0 aromatic carbocycles. The van der Waals surface area contributed by atoms with Crippen molar-refractivity contribution >= 4 is 6.09 Å². The molecule has 0 bridgehead atoms. The van der Waals surface area contributed by atoms with Gasteiger partial charge < -0.3 is 10.4 Å². The number of nitrogens with one attached hydrogen (secondary N) is 2. The molecule has 0 saturated heterocycles. The summed E-state index contributed by atoms with van der Waals surface area (Å²) < 4.78 is 0. The van der Waals surface area contributed by atoms with E-state index in [1.807, 2.05) is 0 Å². The zero-order valence-electron chi connectivity index (χ0n) is 5.74. The fourth-order valence-electron chi connectivity index (χ4n) is 0.663. The number of hydrogen-bond donors (Lipinski definition) is 3. The second kappa shape index (κ2) is 3.46. The van der Waals surface area contributed by atoms with Crippen LogP contribution in [0.3, 0.4) is 0 Å². The van der Waals surface area contributed by atoms with Crippen LogP contribution in [0.5, 0.6) is 0 Å². The highest BCUT2D eigenvalue weighted by atomic mass is 16.4. The second-order valence-corrected chi connectivity index (χ2v) is 1.91. The van der Waals surface area contributed by atoms with Gasteiger partial charge in [0, 0.05) is 18.1 Å². The molecule has 1 aliphatic heterocycles. The Morgan fingerprint density at radius 1 is 1.55 bits per heavy atom. The molecule has 0 aromatic rings. The van der Waals surface area contributed by atoms with E-state index in [1.165, 1.54) is 0 Å². The summed E-state index contributed by atoms with van der Waals surface area (Å²) in [5, 5.41) is 13.4. The Labute approximate surface area is 63.9 Å². The Hall–Kier alpha value is -1.71. The minimum Gasteiger partial charge on any atom is -0.465 e. The van der Waals surface area contributed by atoms with Gasteiger partial charge in [0.2, 0.25) is 0 Å². The van der Waals surface area contributed by atoms with Gasteiger partial charge in [0.05, 0.1) is 0 Å². The van der Waals surface area contributed by atoms with Crippen LogP contribution in [0.1, 0.15) is 0 Å². The molecular formula is C7H8N2O2. The van der Waals surface area contributed by atoms with Crippen molar-refractivity contribution in [3.05, 3.63) is 36.3 Å². The van der Waals surface area contributed by atoms with E-state index >= 15 is 0 Å². The lowest BCUT2D eigenvalue weighted by atomic mass is 10.4. The van der Waals surface area contributed by atoms with Crippen molar-refractivity contribution in [2.75, 3.05) is 0 Å². The number of amides is 1. The van der Waals surface area contributed by atoms with Crippen molar-refractivity contribution in [3.63, 3.8) is 0 Å². The van der Waals surface area contributed by atoms with Gasteiger partial charge in [0.15, 0.2) is 0 Å².